The van der Waals surface area contributed by atoms with Crippen LogP contribution in [0.2, 0.25) is 0 Å². The van der Waals surface area contributed by atoms with E-state index in [2.05, 4.69) is 10.0 Å². The van der Waals surface area contributed by atoms with Crippen LogP contribution in [-0.4, -0.2) is 56.9 Å². The van der Waals surface area contributed by atoms with Crippen molar-refractivity contribution < 1.29 is 22.7 Å². The van der Waals surface area contributed by atoms with Gasteiger partial charge in [-0.15, -0.1) is 0 Å². The molecule has 9 heteroatoms. The molecular formula is C19H29N3O5S. The molecule has 1 atom stereocenters. The van der Waals surface area contributed by atoms with Crippen LogP contribution in [0, 0.1) is 5.92 Å². The summed E-state index contributed by atoms with van der Waals surface area (Å²) in [5.74, 6) is -0.0808. The fourth-order valence-electron chi connectivity index (χ4n) is 3.01. The summed E-state index contributed by atoms with van der Waals surface area (Å²) >= 11 is 0. The van der Waals surface area contributed by atoms with E-state index in [1.54, 1.807) is 17.0 Å². The molecule has 0 spiro atoms. The molecule has 0 aromatic heterocycles. The average Bonchev–Trinajstić information content (AvgIpc) is 3.02. The number of nitrogens with one attached hydrogen (secondary N) is 2. The van der Waals surface area contributed by atoms with Crippen molar-refractivity contribution in [1.29, 1.82) is 0 Å². The number of ether oxygens (including phenoxy) is 1. The minimum Gasteiger partial charge on any atom is -0.494 e. The van der Waals surface area contributed by atoms with E-state index in [-0.39, 0.29) is 41.8 Å². The summed E-state index contributed by atoms with van der Waals surface area (Å²) in [6.07, 6.45) is 0.182. The number of likely N-dealkylation sites (tertiary alicyclic amines) is 1. The van der Waals surface area contributed by atoms with Crippen molar-refractivity contribution in [1.82, 2.24) is 14.9 Å². The molecule has 1 aromatic carbocycles. The maximum atomic E-state index is 12.3. The number of amides is 2. The summed E-state index contributed by atoms with van der Waals surface area (Å²) in [4.78, 5) is 26.2. The molecular weight excluding hydrogens is 382 g/mol. The molecule has 156 valence electrons. The van der Waals surface area contributed by atoms with E-state index in [0.29, 0.717) is 18.9 Å². The van der Waals surface area contributed by atoms with Crippen molar-refractivity contribution in [2.75, 3.05) is 26.2 Å². The Labute approximate surface area is 166 Å². The van der Waals surface area contributed by atoms with E-state index < -0.39 is 15.9 Å². The Morgan fingerprint density at radius 1 is 1.21 bits per heavy atom. The van der Waals surface area contributed by atoms with E-state index >= 15 is 0 Å². The zero-order chi connectivity index (χ0) is 20.9. The second kappa shape index (κ2) is 8.91. The molecule has 1 heterocycles. The third-order valence-corrected chi connectivity index (χ3v) is 5.94. The van der Waals surface area contributed by atoms with E-state index in [1.165, 1.54) is 12.1 Å². The van der Waals surface area contributed by atoms with Crippen LogP contribution in [-0.2, 0) is 19.6 Å². The lowest BCUT2D eigenvalue weighted by Gasteiger charge is -2.31. The lowest BCUT2D eigenvalue weighted by molar-refractivity contribution is -0.132. The predicted molar refractivity (Wildman–Crippen MR) is 105 cm³/mol. The van der Waals surface area contributed by atoms with Gasteiger partial charge in [0.1, 0.15) is 5.75 Å². The van der Waals surface area contributed by atoms with Crippen LogP contribution in [0.3, 0.4) is 0 Å². The first-order valence-electron chi connectivity index (χ1n) is 9.35. The highest BCUT2D eigenvalue weighted by Crippen LogP contribution is 2.25. The third kappa shape index (κ3) is 5.68. The van der Waals surface area contributed by atoms with Gasteiger partial charge in [0.05, 0.1) is 17.4 Å². The SMILES string of the molecule is CCOc1ccc(S(=O)(=O)NCCNC(=O)C2CC(=O)N(C(C)(C)C)C2)cc1. The number of rotatable bonds is 8. The molecule has 2 N–H and O–H groups in total. The molecule has 8 nitrogen and oxygen atoms in total. The Morgan fingerprint density at radius 3 is 2.39 bits per heavy atom. The van der Waals surface area contributed by atoms with E-state index in [1.807, 2.05) is 27.7 Å². The predicted octanol–water partition coefficient (Wildman–Crippen LogP) is 1.13. The molecule has 2 amide bonds. The molecule has 1 saturated heterocycles. The van der Waals surface area contributed by atoms with Crippen molar-refractivity contribution in [2.24, 2.45) is 5.92 Å². The number of sulfonamides is 1. The molecule has 0 bridgehead atoms. The van der Waals surface area contributed by atoms with Gasteiger partial charge in [0.15, 0.2) is 0 Å². The zero-order valence-corrected chi connectivity index (χ0v) is 17.6. The maximum Gasteiger partial charge on any atom is 0.240 e. The van der Waals surface area contributed by atoms with Crippen LogP contribution in [0.4, 0.5) is 0 Å². The Balaban J connectivity index is 1.80. The molecule has 0 saturated carbocycles. The van der Waals surface area contributed by atoms with Crippen LogP contribution >= 0.6 is 0 Å². The van der Waals surface area contributed by atoms with Crippen molar-refractivity contribution in [3.63, 3.8) is 0 Å². The van der Waals surface area contributed by atoms with Crippen LogP contribution in [0.25, 0.3) is 0 Å². The molecule has 0 aliphatic carbocycles. The molecule has 1 fully saturated rings. The first kappa shape index (κ1) is 22.2. The van der Waals surface area contributed by atoms with Gasteiger partial charge in [-0.2, -0.15) is 0 Å². The van der Waals surface area contributed by atoms with E-state index in [9.17, 15) is 18.0 Å². The Morgan fingerprint density at radius 2 is 1.86 bits per heavy atom. The van der Waals surface area contributed by atoms with Gasteiger partial charge in [-0.1, -0.05) is 0 Å². The van der Waals surface area contributed by atoms with Gasteiger partial charge in [-0.25, -0.2) is 13.1 Å². The van der Waals surface area contributed by atoms with E-state index in [4.69, 9.17) is 4.74 Å². The smallest absolute Gasteiger partial charge is 0.240 e. The van der Waals surface area contributed by atoms with E-state index in [0.717, 1.165) is 0 Å². The Hall–Kier alpha value is -2.13. The Kier molecular flexibility index (Phi) is 7.06. The van der Waals surface area contributed by atoms with Gasteiger partial charge in [-0.05, 0) is 52.0 Å². The molecule has 2 rings (SSSR count). The van der Waals surface area contributed by atoms with Crippen molar-refractivity contribution in [3.05, 3.63) is 24.3 Å². The summed E-state index contributed by atoms with van der Waals surface area (Å²) in [7, 11) is -3.67. The number of carbonyl (C=O) groups excluding carboxylic acids is 2. The standard InChI is InChI=1S/C19H29N3O5S/c1-5-27-15-6-8-16(9-7-15)28(25,26)21-11-10-20-18(24)14-12-17(23)22(13-14)19(2,3)4/h6-9,14,21H,5,10-13H2,1-4H3,(H,20,24). The number of benzene rings is 1. The highest BCUT2D eigenvalue weighted by atomic mass is 32.2. The summed E-state index contributed by atoms with van der Waals surface area (Å²) in [5, 5.41) is 2.70. The van der Waals surface area contributed by atoms with Gasteiger partial charge < -0.3 is 15.0 Å². The molecule has 28 heavy (non-hydrogen) atoms. The molecule has 1 aromatic rings. The fraction of sp³-hybridized carbons (Fsp3) is 0.579. The molecule has 1 aliphatic heterocycles. The normalized spacial score (nSPS) is 17.6. The summed E-state index contributed by atoms with van der Waals surface area (Å²) in [6, 6.07) is 6.13. The highest BCUT2D eigenvalue weighted by Gasteiger charge is 2.39. The Bertz CT molecular complexity index is 800. The fourth-order valence-corrected chi connectivity index (χ4v) is 4.04. The summed E-state index contributed by atoms with van der Waals surface area (Å²) in [6.45, 7) is 8.74. The lowest BCUT2D eigenvalue weighted by Crippen LogP contribution is -2.43. The lowest BCUT2D eigenvalue weighted by atomic mass is 10.1. The highest BCUT2D eigenvalue weighted by molar-refractivity contribution is 7.89. The van der Waals surface area contributed by atoms with Gasteiger partial charge in [0.25, 0.3) is 0 Å². The largest absolute Gasteiger partial charge is 0.494 e. The maximum absolute atomic E-state index is 12.3. The minimum absolute atomic E-state index is 0.0381. The monoisotopic (exact) mass is 411 g/mol. The second-order valence-corrected chi connectivity index (χ2v) is 9.44. The topological polar surface area (TPSA) is 105 Å². The van der Waals surface area contributed by atoms with Crippen LogP contribution in [0.5, 0.6) is 5.75 Å². The quantitative estimate of drug-likeness (QED) is 0.624. The summed E-state index contributed by atoms with van der Waals surface area (Å²) in [5.41, 5.74) is -0.320. The average molecular weight is 412 g/mol. The third-order valence-electron chi connectivity index (χ3n) is 4.47. The van der Waals surface area contributed by atoms with Gasteiger partial charge in [0.2, 0.25) is 21.8 Å². The first-order valence-corrected chi connectivity index (χ1v) is 10.8. The van der Waals surface area contributed by atoms with Crippen molar-refractivity contribution in [3.8, 4) is 5.75 Å². The molecule has 1 aliphatic rings. The number of hydrogen-bond acceptors (Lipinski definition) is 5. The van der Waals surface area contributed by atoms with Gasteiger partial charge in [-0.3, -0.25) is 9.59 Å². The van der Waals surface area contributed by atoms with Gasteiger partial charge in [0, 0.05) is 31.6 Å². The summed E-state index contributed by atoms with van der Waals surface area (Å²) < 4.78 is 32.3. The number of nitrogens with zero attached hydrogens (tertiary/aromatic N) is 1. The van der Waals surface area contributed by atoms with Crippen molar-refractivity contribution in [2.45, 2.75) is 44.6 Å². The number of hydrogen-bond donors (Lipinski definition) is 2. The second-order valence-electron chi connectivity index (χ2n) is 7.67. The minimum atomic E-state index is -3.67. The van der Waals surface area contributed by atoms with Crippen LogP contribution in [0.15, 0.2) is 29.2 Å². The molecule has 0 radical (unpaired) electrons. The zero-order valence-electron chi connectivity index (χ0n) is 16.8. The van der Waals surface area contributed by atoms with Crippen LogP contribution in [0.1, 0.15) is 34.1 Å². The first-order chi connectivity index (χ1) is 13.0. The van der Waals surface area contributed by atoms with Crippen molar-refractivity contribution >= 4 is 21.8 Å². The van der Waals surface area contributed by atoms with Crippen LogP contribution < -0.4 is 14.8 Å². The molecule has 1 unspecified atom stereocenters. The number of carbonyl (C=O) groups is 2. The van der Waals surface area contributed by atoms with Gasteiger partial charge >= 0.3 is 0 Å².